The Morgan fingerprint density at radius 1 is 1.08 bits per heavy atom. The standard InChI is InChI=1S/C29H34N2O7/c1-18-15-21-16-20(6-7-22(21)38-18)27(32)25-26(19-5-8-23(35-2)24(17-19)36-3)31(29(34)28(25)33)10-4-9-30-11-13-37-14-12-30/h5-8,16-18,26,32H,4,9-15H2,1-3H3/p+1/t18-,26+/m0/s1. The molecular formula is C29H35N2O7+. The minimum atomic E-state index is -0.752. The number of ketones is 1. The number of carbonyl (C=O) groups is 2. The summed E-state index contributed by atoms with van der Waals surface area (Å²) in [6.45, 7) is 6.57. The zero-order valence-corrected chi connectivity index (χ0v) is 22.1. The number of benzene rings is 2. The molecule has 5 rings (SSSR count). The van der Waals surface area contributed by atoms with Crippen molar-refractivity contribution in [2.24, 2.45) is 0 Å². The maximum absolute atomic E-state index is 13.4. The second-order valence-electron chi connectivity index (χ2n) is 10.0. The third-order valence-corrected chi connectivity index (χ3v) is 7.56. The molecule has 0 unspecified atom stereocenters. The fourth-order valence-electron chi connectivity index (χ4n) is 5.61. The molecule has 2 saturated heterocycles. The summed E-state index contributed by atoms with van der Waals surface area (Å²) in [7, 11) is 3.09. The van der Waals surface area contributed by atoms with E-state index in [-0.39, 0.29) is 17.4 Å². The summed E-state index contributed by atoms with van der Waals surface area (Å²) in [4.78, 5) is 29.8. The van der Waals surface area contributed by atoms with Gasteiger partial charge in [0.1, 0.15) is 30.7 Å². The molecule has 2 N–H and O–H groups in total. The first-order valence-corrected chi connectivity index (χ1v) is 13.1. The van der Waals surface area contributed by atoms with Crippen molar-refractivity contribution in [2.75, 3.05) is 53.6 Å². The van der Waals surface area contributed by atoms with Gasteiger partial charge in [-0.05, 0) is 48.4 Å². The Kier molecular flexibility index (Phi) is 7.58. The van der Waals surface area contributed by atoms with Crippen molar-refractivity contribution in [1.29, 1.82) is 0 Å². The molecule has 2 aromatic rings. The predicted molar refractivity (Wildman–Crippen MR) is 140 cm³/mol. The van der Waals surface area contributed by atoms with Crippen molar-refractivity contribution in [3.8, 4) is 17.2 Å². The first-order chi connectivity index (χ1) is 18.4. The summed E-state index contributed by atoms with van der Waals surface area (Å²) in [5.41, 5.74) is 2.20. The fourth-order valence-corrected chi connectivity index (χ4v) is 5.61. The van der Waals surface area contributed by atoms with Crippen molar-refractivity contribution in [1.82, 2.24) is 4.90 Å². The molecule has 1 amide bonds. The number of rotatable bonds is 8. The number of morpholine rings is 1. The van der Waals surface area contributed by atoms with E-state index in [1.807, 2.05) is 19.1 Å². The van der Waals surface area contributed by atoms with Crippen molar-refractivity contribution < 1.29 is 38.5 Å². The Hall–Kier alpha value is -3.56. The van der Waals surface area contributed by atoms with Gasteiger partial charge < -0.3 is 33.9 Å². The Labute approximate surface area is 222 Å². The maximum atomic E-state index is 13.4. The zero-order valence-electron chi connectivity index (χ0n) is 22.1. The number of methoxy groups -OCH3 is 2. The smallest absolute Gasteiger partial charge is 0.295 e. The van der Waals surface area contributed by atoms with E-state index in [1.165, 1.54) is 12.0 Å². The molecule has 3 heterocycles. The molecule has 2 aromatic carbocycles. The van der Waals surface area contributed by atoms with Crippen LogP contribution in [0.15, 0.2) is 42.0 Å². The quantitative estimate of drug-likeness (QED) is 0.309. The van der Waals surface area contributed by atoms with Gasteiger partial charge in [0.05, 0.1) is 45.6 Å². The van der Waals surface area contributed by atoms with E-state index < -0.39 is 17.7 Å². The lowest BCUT2D eigenvalue weighted by Gasteiger charge is -2.28. The summed E-state index contributed by atoms with van der Waals surface area (Å²) in [6, 6.07) is 9.95. The van der Waals surface area contributed by atoms with Crippen LogP contribution in [0.3, 0.4) is 0 Å². The Balaban J connectivity index is 1.52. The highest BCUT2D eigenvalue weighted by Crippen LogP contribution is 2.42. The topological polar surface area (TPSA) is 99.0 Å². The van der Waals surface area contributed by atoms with Gasteiger partial charge in [-0.2, -0.15) is 0 Å². The highest BCUT2D eigenvalue weighted by molar-refractivity contribution is 6.46. The van der Waals surface area contributed by atoms with Crippen LogP contribution >= 0.6 is 0 Å². The van der Waals surface area contributed by atoms with Gasteiger partial charge >= 0.3 is 0 Å². The van der Waals surface area contributed by atoms with E-state index in [2.05, 4.69) is 0 Å². The summed E-state index contributed by atoms with van der Waals surface area (Å²) in [5.74, 6) is 0.310. The number of hydrogen-bond acceptors (Lipinski definition) is 7. The number of carbonyl (C=O) groups excluding carboxylic acids is 2. The molecule has 0 aromatic heterocycles. The average molecular weight is 524 g/mol. The van der Waals surface area contributed by atoms with Gasteiger partial charge in [0.2, 0.25) is 0 Å². The molecular weight excluding hydrogens is 488 g/mol. The maximum Gasteiger partial charge on any atom is 0.295 e. The van der Waals surface area contributed by atoms with Gasteiger partial charge in [0, 0.05) is 24.9 Å². The van der Waals surface area contributed by atoms with Crippen LogP contribution in [0.1, 0.15) is 36.1 Å². The Bertz CT molecular complexity index is 1250. The van der Waals surface area contributed by atoms with Crippen LogP contribution in [0.4, 0.5) is 0 Å². The molecule has 0 aliphatic carbocycles. The number of likely N-dealkylation sites (tertiary alicyclic amines) is 1. The second kappa shape index (κ2) is 11.0. The van der Waals surface area contributed by atoms with E-state index in [1.54, 1.807) is 36.3 Å². The molecule has 0 saturated carbocycles. The van der Waals surface area contributed by atoms with E-state index in [0.717, 1.165) is 50.6 Å². The fraction of sp³-hybridized carbons (Fsp3) is 0.448. The summed E-state index contributed by atoms with van der Waals surface area (Å²) < 4.78 is 22.1. The van der Waals surface area contributed by atoms with Crippen molar-refractivity contribution in [3.63, 3.8) is 0 Å². The number of nitrogens with one attached hydrogen (secondary N) is 1. The summed E-state index contributed by atoms with van der Waals surface area (Å²) in [5, 5.41) is 11.5. The number of Topliss-reactive ketones (excluding diaryl/α,β-unsaturated/α-hetero) is 1. The van der Waals surface area contributed by atoms with Crippen molar-refractivity contribution >= 4 is 17.4 Å². The molecule has 0 radical (unpaired) electrons. The molecule has 3 aliphatic heterocycles. The van der Waals surface area contributed by atoms with Crippen LogP contribution in [0.5, 0.6) is 17.2 Å². The van der Waals surface area contributed by atoms with Gasteiger partial charge in [0.25, 0.3) is 11.7 Å². The number of nitrogens with zero attached hydrogens (tertiary/aromatic N) is 1. The highest BCUT2D eigenvalue weighted by Gasteiger charge is 2.46. The van der Waals surface area contributed by atoms with Crippen LogP contribution in [-0.2, 0) is 20.7 Å². The number of ether oxygens (including phenoxy) is 4. The molecule has 3 aliphatic rings. The number of fused-ring (bicyclic) bond motifs is 1. The Morgan fingerprint density at radius 3 is 2.58 bits per heavy atom. The Morgan fingerprint density at radius 2 is 1.84 bits per heavy atom. The number of hydrogen-bond donors (Lipinski definition) is 2. The third kappa shape index (κ3) is 4.96. The van der Waals surface area contributed by atoms with Crippen LogP contribution in [-0.4, -0.2) is 81.4 Å². The van der Waals surface area contributed by atoms with Gasteiger partial charge in [0.15, 0.2) is 11.5 Å². The molecule has 9 nitrogen and oxygen atoms in total. The molecule has 202 valence electrons. The lowest BCUT2D eigenvalue weighted by molar-refractivity contribution is -0.908. The monoisotopic (exact) mass is 523 g/mol. The van der Waals surface area contributed by atoms with E-state index in [4.69, 9.17) is 18.9 Å². The number of amides is 1. The van der Waals surface area contributed by atoms with Crippen LogP contribution in [0.2, 0.25) is 0 Å². The molecule has 0 spiro atoms. The molecule has 38 heavy (non-hydrogen) atoms. The van der Waals surface area contributed by atoms with E-state index in [9.17, 15) is 14.7 Å². The van der Waals surface area contributed by atoms with Gasteiger partial charge in [-0.3, -0.25) is 9.59 Å². The minimum Gasteiger partial charge on any atom is -0.507 e. The molecule has 2 atom stereocenters. The summed E-state index contributed by atoms with van der Waals surface area (Å²) >= 11 is 0. The third-order valence-electron chi connectivity index (χ3n) is 7.56. The zero-order chi connectivity index (χ0) is 26.8. The van der Waals surface area contributed by atoms with E-state index in [0.29, 0.717) is 35.6 Å². The predicted octanol–water partition coefficient (Wildman–Crippen LogP) is 1.75. The van der Waals surface area contributed by atoms with Crippen molar-refractivity contribution in [3.05, 3.63) is 58.7 Å². The molecule has 2 fully saturated rings. The normalized spacial score (nSPS) is 22.9. The van der Waals surface area contributed by atoms with Gasteiger partial charge in [-0.15, -0.1) is 0 Å². The molecule has 0 bridgehead atoms. The molecule has 9 heteroatoms. The lowest BCUT2D eigenvalue weighted by Crippen LogP contribution is -3.14. The largest absolute Gasteiger partial charge is 0.507 e. The SMILES string of the molecule is COc1ccc([C@@H]2C(=C(O)c3ccc4c(c3)C[C@H](C)O4)C(=O)C(=O)N2CCC[NH+]2CCOCC2)cc1OC. The first-order valence-electron chi connectivity index (χ1n) is 13.1. The van der Waals surface area contributed by atoms with E-state index >= 15 is 0 Å². The van der Waals surface area contributed by atoms with Gasteiger partial charge in [-0.25, -0.2) is 0 Å². The minimum absolute atomic E-state index is 0.0494. The lowest BCUT2D eigenvalue weighted by atomic mass is 9.94. The summed E-state index contributed by atoms with van der Waals surface area (Å²) in [6.07, 6.45) is 1.49. The average Bonchev–Trinajstić information content (AvgIpc) is 3.43. The highest BCUT2D eigenvalue weighted by atomic mass is 16.5. The first kappa shape index (κ1) is 26.1. The van der Waals surface area contributed by atoms with Gasteiger partial charge in [-0.1, -0.05) is 6.07 Å². The van der Waals surface area contributed by atoms with Crippen molar-refractivity contribution in [2.45, 2.75) is 31.9 Å². The van der Waals surface area contributed by atoms with Crippen LogP contribution < -0.4 is 19.1 Å². The number of aliphatic hydroxyl groups excluding tert-OH is 1. The second-order valence-corrected chi connectivity index (χ2v) is 10.0. The number of quaternary nitrogens is 1. The van der Waals surface area contributed by atoms with Crippen LogP contribution in [0, 0.1) is 0 Å². The van der Waals surface area contributed by atoms with Crippen LogP contribution in [0.25, 0.3) is 5.76 Å². The number of aliphatic hydroxyl groups is 1.